The standard InChI is InChI=1S/C19H25N5O2/c1-14-6-7-15(13-16(14)24-12-9-21-19(24)26)18(25)23(3)10-4-5-17-20-8-11-22(17)2/h6-8,11,13H,4-5,9-10,12H2,1-3H3,(H,21,26). The highest BCUT2D eigenvalue weighted by molar-refractivity contribution is 5.99. The van der Waals surface area contributed by atoms with Crippen molar-refractivity contribution in [3.8, 4) is 0 Å². The number of nitrogens with zero attached hydrogens (tertiary/aromatic N) is 4. The third-order valence-corrected chi connectivity index (χ3v) is 4.77. The van der Waals surface area contributed by atoms with Crippen molar-refractivity contribution in [3.05, 3.63) is 47.5 Å². The lowest BCUT2D eigenvalue weighted by Gasteiger charge is -2.21. The highest BCUT2D eigenvalue weighted by Gasteiger charge is 2.24. The Bertz CT molecular complexity index is 814. The van der Waals surface area contributed by atoms with E-state index in [1.165, 1.54) is 0 Å². The molecular weight excluding hydrogens is 330 g/mol. The molecule has 0 saturated carbocycles. The molecule has 138 valence electrons. The largest absolute Gasteiger partial charge is 0.342 e. The van der Waals surface area contributed by atoms with Gasteiger partial charge in [0.2, 0.25) is 0 Å². The van der Waals surface area contributed by atoms with Crippen LogP contribution in [0, 0.1) is 6.92 Å². The Morgan fingerprint density at radius 1 is 1.38 bits per heavy atom. The van der Waals surface area contributed by atoms with Gasteiger partial charge in [-0.2, -0.15) is 0 Å². The van der Waals surface area contributed by atoms with Crippen molar-refractivity contribution in [2.75, 3.05) is 31.6 Å². The number of aryl methyl sites for hydroxylation is 3. The number of carbonyl (C=O) groups excluding carboxylic acids is 2. The molecule has 1 fully saturated rings. The predicted molar refractivity (Wildman–Crippen MR) is 100 cm³/mol. The zero-order valence-corrected chi connectivity index (χ0v) is 15.5. The molecule has 1 aromatic heterocycles. The summed E-state index contributed by atoms with van der Waals surface area (Å²) in [5, 5.41) is 2.80. The number of urea groups is 1. The van der Waals surface area contributed by atoms with E-state index in [2.05, 4.69) is 10.3 Å². The van der Waals surface area contributed by atoms with Crippen LogP contribution in [0.3, 0.4) is 0 Å². The summed E-state index contributed by atoms with van der Waals surface area (Å²) >= 11 is 0. The Morgan fingerprint density at radius 2 is 2.19 bits per heavy atom. The molecule has 0 unspecified atom stereocenters. The molecule has 26 heavy (non-hydrogen) atoms. The molecule has 0 atom stereocenters. The number of imidazole rings is 1. The van der Waals surface area contributed by atoms with Crippen LogP contribution in [-0.2, 0) is 13.5 Å². The molecule has 0 aliphatic carbocycles. The van der Waals surface area contributed by atoms with Gasteiger partial charge in [0.25, 0.3) is 5.91 Å². The fourth-order valence-corrected chi connectivity index (χ4v) is 3.17. The lowest BCUT2D eigenvalue weighted by atomic mass is 10.1. The summed E-state index contributed by atoms with van der Waals surface area (Å²) in [6.45, 7) is 3.85. The summed E-state index contributed by atoms with van der Waals surface area (Å²) in [6, 6.07) is 5.43. The second-order valence-corrected chi connectivity index (χ2v) is 6.67. The zero-order valence-electron chi connectivity index (χ0n) is 15.5. The predicted octanol–water partition coefficient (Wildman–Crippen LogP) is 1.96. The van der Waals surface area contributed by atoms with Crippen molar-refractivity contribution < 1.29 is 9.59 Å². The first-order valence-corrected chi connectivity index (χ1v) is 8.85. The topological polar surface area (TPSA) is 70.5 Å². The van der Waals surface area contributed by atoms with E-state index in [1.54, 1.807) is 16.0 Å². The smallest absolute Gasteiger partial charge is 0.322 e. The summed E-state index contributed by atoms with van der Waals surface area (Å²) in [5.74, 6) is 0.981. The molecule has 0 radical (unpaired) electrons. The fourth-order valence-electron chi connectivity index (χ4n) is 3.17. The quantitative estimate of drug-likeness (QED) is 0.861. The summed E-state index contributed by atoms with van der Waals surface area (Å²) < 4.78 is 2.00. The van der Waals surface area contributed by atoms with Crippen molar-refractivity contribution in [1.29, 1.82) is 0 Å². The van der Waals surface area contributed by atoms with Gasteiger partial charge < -0.3 is 14.8 Å². The monoisotopic (exact) mass is 355 g/mol. The fraction of sp³-hybridized carbons (Fsp3) is 0.421. The van der Waals surface area contributed by atoms with Crippen molar-refractivity contribution >= 4 is 17.6 Å². The number of anilines is 1. The zero-order chi connectivity index (χ0) is 18.7. The van der Waals surface area contributed by atoms with Crippen LogP contribution < -0.4 is 10.2 Å². The van der Waals surface area contributed by atoms with E-state index in [0.29, 0.717) is 25.2 Å². The van der Waals surface area contributed by atoms with Gasteiger partial charge in [-0.25, -0.2) is 9.78 Å². The van der Waals surface area contributed by atoms with Crippen LogP contribution in [0.1, 0.15) is 28.2 Å². The molecule has 1 N–H and O–H groups in total. The van der Waals surface area contributed by atoms with E-state index in [1.807, 2.05) is 50.0 Å². The minimum absolute atomic E-state index is 0.0364. The van der Waals surface area contributed by atoms with Gasteiger partial charge in [-0.05, 0) is 31.0 Å². The first kappa shape index (κ1) is 18.0. The third-order valence-electron chi connectivity index (χ3n) is 4.77. The molecule has 0 spiro atoms. The average Bonchev–Trinajstić information content (AvgIpc) is 3.23. The van der Waals surface area contributed by atoms with E-state index < -0.39 is 0 Å². The van der Waals surface area contributed by atoms with E-state index >= 15 is 0 Å². The van der Waals surface area contributed by atoms with Crippen molar-refractivity contribution in [1.82, 2.24) is 19.8 Å². The van der Waals surface area contributed by atoms with Crippen molar-refractivity contribution in [2.45, 2.75) is 19.8 Å². The molecule has 1 aliphatic rings. The summed E-state index contributed by atoms with van der Waals surface area (Å²) in [6.07, 6.45) is 5.38. The van der Waals surface area contributed by atoms with Gasteiger partial charge in [0.1, 0.15) is 5.82 Å². The molecule has 2 aromatic rings. The van der Waals surface area contributed by atoms with Crippen LogP contribution in [0.25, 0.3) is 0 Å². The maximum atomic E-state index is 12.7. The number of hydrogen-bond donors (Lipinski definition) is 1. The number of aromatic nitrogens is 2. The van der Waals surface area contributed by atoms with Gasteiger partial charge in [0, 0.05) is 63.8 Å². The Kier molecular flexibility index (Phi) is 5.25. The molecule has 2 heterocycles. The van der Waals surface area contributed by atoms with E-state index in [4.69, 9.17) is 0 Å². The lowest BCUT2D eigenvalue weighted by molar-refractivity contribution is 0.0793. The second-order valence-electron chi connectivity index (χ2n) is 6.67. The van der Waals surface area contributed by atoms with Crippen LogP contribution in [0.2, 0.25) is 0 Å². The number of carbonyl (C=O) groups is 2. The summed E-state index contributed by atoms with van der Waals surface area (Å²) in [5.41, 5.74) is 2.38. The van der Waals surface area contributed by atoms with Crippen LogP contribution in [0.4, 0.5) is 10.5 Å². The molecule has 1 aromatic carbocycles. The molecular formula is C19H25N5O2. The van der Waals surface area contributed by atoms with Gasteiger partial charge in [-0.15, -0.1) is 0 Å². The molecule has 1 aliphatic heterocycles. The van der Waals surface area contributed by atoms with Crippen LogP contribution in [0.15, 0.2) is 30.6 Å². The highest BCUT2D eigenvalue weighted by atomic mass is 16.2. The molecule has 3 rings (SSSR count). The normalized spacial score (nSPS) is 13.8. The van der Waals surface area contributed by atoms with E-state index in [-0.39, 0.29) is 11.9 Å². The molecule has 1 saturated heterocycles. The van der Waals surface area contributed by atoms with Crippen molar-refractivity contribution in [2.24, 2.45) is 7.05 Å². The maximum absolute atomic E-state index is 12.7. The molecule has 7 heteroatoms. The molecule has 3 amide bonds. The number of rotatable bonds is 6. The molecule has 7 nitrogen and oxygen atoms in total. The molecule has 0 bridgehead atoms. The Morgan fingerprint density at radius 3 is 2.85 bits per heavy atom. The van der Waals surface area contributed by atoms with Crippen LogP contribution >= 0.6 is 0 Å². The number of benzene rings is 1. The first-order chi connectivity index (χ1) is 12.5. The van der Waals surface area contributed by atoms with Gasteiger partial charge in [-0.1, -0.05) is 6.07 Å². The van der Waals surface area contributed by atoms with Gasteiger partial charge in [-0.3, -0.25) is 9.69 Å². The Hall–Kier alpha value is -2.83. The van der Waals surface area contributed by atoms with Crippen LogP contribution in [0.5, 0.6) is 0 Å². The minimum Gasteiger partial charge on any atom is -0.342 e. The van der Waals surface area contributed by atoms with Crippen molar-refractivity contribution in [3.63, 3.8) is 0 Å². The number of hydrogen-bond acceptors (Lipinski definition) is 3. The third kappa shape index (κ3) is 3.71. The second kappa shape index (κ2) is 7.59. The van der Waals surface area contributed by atoms with Gasteiger partial charge >= 0.3 is 6.03 Å². The van der Waals surface area contributed by atoms with E-state index in [0.717, 1.165) is 29.9 Å². The SMILES string of the molecule is Cc1ccc(C(=O)N(C)CCCc2nccn2C)cc1N1CCNC1=O. The number of amides is 3. The van der Waals surface area contributed by atoms with Crippen LogP contribution in [-0.4, -0.2) is 53.1 Å². The summed E-state index contributed by atoms with van der Waals surface area (Å²) in [4.78, 5) is 32.4. The Balaban J connectivity index is 1.65. The summed E-state index contributed by atoms with van der Waals surface area (Å²) in [7, 11) is 3.78. The average molecular weight is 355 g/mol. The lowest BCUT2D eigenvalue weighted by Crippen LogP contribution is -2.30. The number of nitrogens with one attached hydrogen (secondary N) is 1. The highest BCUT2D eigenvalue weighted by Crippen LogP contribution is 2.24. The van der Waals surface area contributed by atoms with Gasteiger partial charge in [0.15, 0.2) is 0 Å². The maximum Gasteiger partial charge on any atom is 0.322 e. The Labute approximate surface area is 153 Å². The minimum atomic E-state index is -0.110. The van der Waals surface area contributed by atoms with Gasteiger partial charge in [0.05, 0.1) is 0 Å². The first-order valence-electron chi connectivity index (χ1n) is 8.85. The van der Waals surface area contributed by atoms with E-state index in [9.17, 15) is 9.59 Å².